The number of hydrogen-bond acceptors (Lipinski definition) is 8. The van der Waals surface area contributed by atoms with E-state index >= 15 is 0 Å². The van der Waals surface area contributed by atoms with Crippen molar-refractivity contribution in [2.75, 3.05) is 13.2 Å². The second-order valence-electron chi connectivity index (χ2n) is 6.98. The molecule has 0 radical (unpaired) electrons. The van der Waals surface area contributed by atoms with E-state index < -0.39 is 11.9 Å². The van der Waals surface area contributed by atoms with Crippen molar-refractivity contribution >= 4 is 11.9 Å². The third-order valence-electron chi connectivity index (χ3n) is 4.13. The molecule has 1 aromatic heterocycles. The maximum atomic E-state index is 12.2. The molecule has 32 heavy (non-hydrogen) atoms. The topological polar surface area (TPSA) is 113 Å². The summed E-state index contributed by atoms with van der Waals surface area (Å²) in [5.74, 6) is 0.730. The number of ether oxygens (including phenoxy) is 3. The SMILES string of the molecule is CCOc1ccccc1-c1noc(COC(=O)CNC(=O)c2ccc(OC(C)C)cc2)n1. The zero-order chi connectivity index (χ0) is 22.9. The Kier molecular flexibility index (Phi) is 7.80. The Morgan fingerprint density at radius 2 is 1.84 bits per heavy atom. The van der Waals surface area contributed by atoms with E-state index in [-0.39, 0.29) is 25.1 Å². The first-order chi connectivity index (χ1) is 15.5. The summed E-state index contributed by atoms with van der Waals surface area (Å²) in [4.78, 5) is 28.4. The number of carbonyl (C=O) groups is 2. The lowest BCUT2D eigenvalue weighted by Gasteiger charge is -2.10. The Balaban J connectivity index is 1.48. The van der Waals surface area contributed by atoms with Gasteiger partial charge in [-0.25, -0.2) is 0 Å². The summed E-state index contributed by atoms with van der Waals surface area (Å²) < 4.78 is 21.3. The van der Waals surface area contributed by atoms with E-state index in [0.29, 0.717) is 35.1 Å². The lowest BCUT2D eigenvalue weighted by Crippen LogP contribution is -2.30. The zero-order valence-electron chi connectivity index (χ0n) is 18.2. The molecule has 3 rings (SSSR count). The highest BCUT2D eigenvalue weighted by atomic mass is 16.6. The molecule has 1 N–H and O–H groups in total. The molecule has 0 unspecified atom stereocenters. The quantitative estimate of drug-likeness (QED) is 0.478. The van der Waals surface area contributed by atoms with E-state index in [1.165, 1.54) is 0 Å². The Bertz CT molecular complexity index is 1050. The number of nitrogens with zero attached hydrogens (tertiary/aromatic N) is 2. The predicted molar refractivity (Wildman–Crippen MR) is 115 cm³/mol. The van der Waals surface area contributed by atoms with Gasteiger partial charge in [-0.1, -0.05) is 17.3 Å². The predicted octanol–water partition coefficient (Wildman–Crippen LogP) is 3.40. The summed E-state index contributed by atoms with van der Waals surface area (Å²) in [5, 5.41) is 6.42. The number of para-hydroxylation sites is 1. The molecule has 168 valence electrons. The van der Waals surface area contributed by atoms with Crippen molar-refractivity contribution in [3.05, 3.63) is 60.0 Å². The molecular weight excluding hydrogens is 414 g/mol. The maximum Gasteiger partial charge on any atom is 0.325 e. The molecule has 0 saturated carbocycles. The fourth-order valence-corrected chi connectivity index (χ4v) is 2.76. The molecule has 0 fully saturated rings. The van der Waals surface area contributed by atoms with Crippen LogP contribution >= 0.6 is 0 Å². The minimum Gasteiger partial charge on any atom is -0.493 e. The van der Waals surface area contributed by atoms with Gasteiger partial charge in [-0.3, -0.25) is 9.59 Å². The smallest absolute Gasteiger partial charge is 0.325 e. The molecule has 0 atom stereocenters. The Hall–Kier alpha value is -3.88. The van der Waals surface area contributed by atoms with Crippen LogP contribution in [0.4, 0.5) is 0 Å². The fraction of sp³-hybridized carbons (Fsp3) is 0.304. The Labute approximate surface area is 185 Å². The number of nitrogens with one attached hydrogen (secondary N) is 1. The lowest BCUT2D eigenvalue weighted by molar-refractivity contribution is -0.144. The molecule has 3 aromatic rings. The van der Waals surface area contributed by atoms with Crippen LogP contribution < -0.4 is 14.8 Å². The number of carbonyl (C=O) groups excluding carboxylic acids is 2. The number of hydrogen-bond donors (Lipinski definition) is 1. The molecule has 1 amide bonds. The van der Waals surface area contributed by atoms with Crippen molar-refractivity contribution in [2.45, 2.75) is 33.5 Å². The summed E-state index contributed by atoms with van der Waals surface area (Å²) in [6, 6.07) is 13.9. The van der Waals surface area contributed by atoms with Crippen LogP contribution in [-0.4, -0.2) is 41.3 Å². The third kappa shape index (κ3) is 6.31. The van der Waals surface area contributed by atoms with Crippen LogP contribution in [0.15, 0.2) is 53.1 Å². The van der Waals surface area contributed by atoms with Gasteiger partial charge in [0.1, 0.15) is 18.0 Å². The summed E-state index contributed by atoms with van der Waals surface area (Å²) in [5.41, 5.74) is 1.08. The molecular formula is C23H25N3O6. The van der Waals surface area contributed by atoms with Gasteiger partial charge in [-0.15, -0.1) is 0 Å². The van der Waals surface area contributed by atoms with Gasteiger partial charge in [0.2, 0.25) is 5.82 Å². The molecule has 0 aliphatic rings. The van der Waals surface area contributed by atoms with Gasteiger partial charge in [-0.05, 0) is 57.2 Å². The Morgan fingerprint density at radius 3 is 2.56 bits per heavy atom. The molecule has 0 aliphatic carbocycles. The summed E-state index contributed by atoms with van der Waals surface area (Å²) in [6.45, 7) is 5.72. The van der Waals surface area contributed by atoms with E-state index in [9.17, 15) is 9.59 Å². The molecule has 9 nitrogen and oxygen atoms in total. The van der Waals surface area contributed by atoms with Gasteiger partial charge in [0, 0.05) is 5.56 Å². The first-order valence-electron chi connectivity index (χ1n) is 10.2. The van der Waals surface area contributed by atoms with Crippen LogP contribution in [0, 0.1) is 0 Å². The number of benzene rings is 2. The number of rotatable bonds is 10. The molecule has 9 heteroatoms. The highest BCUT2D eigenvalue weighted by Gasteiger charge is 2.15. The summed E-state index contributed by atoms with van der Waals surface area (Å²) in [7, 11) is 0. The molecule has 0 bridgehead atoms. The molecule has 0 spiro atoms. The van der Waals surface area contributed by atoms with Crippen molar-refractivity contribution in [1.82, 2.24) is 15.5 Å². The van der Waals surface area contributed by atoms with Crippen LogP contribution in [0.25, 0.3) is 11.4 Å². The average molecular weight is 439 g/mol. The van der Waals surface area contributed by atoms with Crippen molar-refractivity contribution < 1.29 is 28.3 Å². The minimum absolute atomic E-state index is 0.0406. The van der Waals surface area contributed by atoms with E-state index in [1.54, 1.807) is 24.3 Å². The number of aromatic nitrogens is 2. The highest BCUT2D eigenvalue weighted by molar-refractivity contribution is 5.96. The largest absolute Gasteiger partial charge is 0.493 e. The van der Waals surface area contributed by atoms with Gasteiger partial charge >= 0.3 is 5.97 Å². The molecule has 0 aliphatic heterocycles. The van der Waals surface area contributed by atoms with Crippen LogP contribution in [0.2, 0.25) is 0 Å². The zero-order valence-corrected chi connectivity index (χ0v) is 18.2. The fourth-order valence-electron chi connectivity index (χ4n) is 2.76. The van der Waals surface area contributed by atoms with Crippen molar-refractivity contribution in [3.8, 4) is 22.9 Å². The number of amides is 1. The minimum atomic E-state index is -0.632. The molecule has 0 saturated heterocycles. The first kappa shape index (κ1) is 22.8. The van der Waals surface area contributed by atoms with Crippen LogP contribution in [0.5, 0.6) is 11.5 Å². The maximum absolute atomic E-state index is 12.2. The van der Waals surface area contributed by atoms with Gasteiger partial charge in [-0.2, -0.15) is 4.98 Å². The van der Waals surface area contributed by atoms with Gasteiger partial charge in [0.05, 0.1) is 18.3 Å². The van der Waals surface area contributed by atoms with Crippen LogP contribution in [-0.2, 0) is 16.1 Å². The third-order valence-corrected chi connectivity index (χ3v) is 4.13. The van der Waals surface area contributed by atoms with E-state index in [4.69, 9.17) is 18.7 Å². The van der Waals surface area contributed by atoms with E-state index in [2.05, 4.69) is 15.5 Å². The normalized spacial score (nSPS) is 10.6. The van der Waals surface area contributed by atoms with E-state index in [0.717, 1.165) is 0 Å². The van der Waals surface area contributed by atoms with Crippen molar-refractivity contribution in [2.24, 2.45) is 0 Å². The summed E-state index contributed by atoms with van der Waals surface area (Å²) >= 11 is 0. The van der Waals surface area contributed by atoms with Gasteiger partial charge in [0.25, 0.3) is 11.8 Å². The molecule has 1 heterocycles. The lowest BCUT2D eigenvalue weighted by atomic mass is 10.2. The van der Waals surface area contributed by atoms with E-state index in [1.807, 2.05) is 45.0 Å². The second kappa shape index (κ2) is 10.9. The summed E-state index contributed by atoms with van der Waals surface area (Å²) in [6.07, 6.45) is 0.0406. The number of esters is 1. The van der Waals surface area contributed by atoms with Gasteiger partial charge in [0.15, 0.2) is 6.61 Å². The second-order valence-corrected chi connectivity index (χ2v) is 6.98. The Morgan fingerprint density at radius 1 is 1.09 bits per heavy atom. The van der Waals surface area contributed by atoms with Gasteiger partial charge < -0.3 is 24.1 Å². The van der Waals surface area contributed by atoms with Crippen molar-refractivity contribution in [1.29, 1.82) is 0 Å². The highest BCUT2D eigenvalue weighted by Crippen LogP contribution is 2.27. The van der Waals surface area contributed by atoms with Crippen molar-refractivity contribution in [3.63, 3.8) is 0 Å². The average Bonchev–Trinajstić information content (AvgIpc) is 3.25. The monoisotopic (exact) mass is 439 g/mol. The standard InChI is InChI=1S/C23H25N3O6/c1-4-29-19-8-6-5-7-18(19)22-25-20(32-26-22)14-30-21(27)13-24-23(28)16-9-11-17(12-10-16)31-15(2)3/h5-12,15H,4,13-14H2,1-3H3,(H,24,28). The van der Waals surface area contributed by atoms with Crippen LogP contribution in [0.3, 0.4) is 0 Å². The van der Waals surface area contributed by atoms with Crippen LogP contribution in [0.1, 0.15) is 37.0 Å². The molecule has 2 aromatic carbocycles. The first-order valence-corrected chi connectivity index (χ1v) is 10.2.